The molecule has 21 heavy (non-hydrogen) atoms. The van der Waals surface area contributed by atoms with E-state index in [2.05, 4.69) is 4.98 Å². The number of thioether (sulfide) groups is 1. The predicted molar refractivity (Wildman–Crippen MR) is 87.6 cm³/mol. The van der Waals surface area contributed by atoms with Gasteiger partial charge in [-0.1, -0.05) is 54.2 Å². The van der Waals surface area contributed by atoms with Crippen LogP contribution < -0.4 is 0 Å². The van der Waals surface area contributed by atoms with Crippen LogP contribution in [0.2, 0.25) is 0 Å². The second-order valence-electron chi connectivity index (χ2n) is 4.50. The van der Waals surface area contributed by atoms with Gasteiger partial charge in [-0.3, -0.25) is 9.36 Å². The lowest BCUT2D eigenvalue weighted by atomic mass is 10.2. The molecule has 0 amide bonds. The smallest absolute Gasteiger partial charge is 0.257 e. The standard InChI is InChI=1S/C17H14N2OS/c1-21-17-18-14-9-5-6-10-15(14)19(17)16(20)12-11-13-7-3-2-4-8-13/h2-12H,1H3. The Kier molecular flexibility index (Phi) is 3.88. The van der Waals surface area contributed by atoms with E-state index in [1.807, 2.05) is 66.9 Å². The Morgan fingerprint density at radius 1 is 1.10 bits per heavy atom. The average molecular weight is 294 g/mol. The number of benzene rings is 2. The van der Waals surface area contributed by atoms with E-state index in [9.17, 15) is 4.79 Å². The van der Waals surface area contributed by atoms with Crippen LogP contribution in [0.25, 0.3) is 17.1 Å². The molecule has 3 aromatic rings. The van der Waals surface area contributed by atoms with Gasteiger partial charge in [-0.25, -0.2) is 4.98 Å². The molecule has 0 fully saturated rings. The molecule has 0 radical (unpaired) electrons. The van der Waals surface area contributed by atoms with Gasteiger partial charge in [-0.15, -0.1) is 0 Å². The summed E-state index contributed by atoms with van der Waals surface area (Å²) in [5.41, 5.74) is 2.67. The van der Waals surface area contributed by atoms with E-state index in [0.717, 1.165) is 16.6 Å². The quantitative estimate of drug-likeness (QED) is 0.538. The largest absolute Gasteiger partial charge is 0.269 e. The molecule has 0 saturated heterocycles. The number of hydrogen-bond donors (Lipinski definition) is 0. The zero-order chi connectivity index (χ0) is 14.7. The highest BCUT2D eigenvalue weighted by Gasteiger charge is 2.13. The number of fused-ring (bicyclic) bond motifs is 1. The van der Waals surface area contributed by atoms with Crippen LogP contribution in [0.1, 0.15) is 10.4 Å². The minimum atomic E-state index is -0.0862. The maximum atomic E-state index is 12.5. The molecule has 0 bridgehead atoms. The summed E-state index contributed by atoms with van der Waals surface area (Å²) in [5, 5.41) is 0.707. The number of hydrogen-bond acceptors (Lipinski definition) is 3. The lowest BCUT2D eigenvalue weighted by Gasteiger charge is -2.02. The second kappa shape index (κ2) is 5.97. The molecule has 0 N–H and O–H groups in total. The summed E-state index contributed by atoms with van der Waals surface area (Å²) in [7, 11) is 0. The number of carbonyl (C=O) groups excluding carboxylic acids is 1. The van der Waals surface area contributed by atoms with Crippen molar-refractivity contribution >= 4 is 34.8 Å². The molecule has 1 heterocycles. The van der Waals surface area contributed by atoms with Gasteiger partial charge in [-0.2, -0.15) is 0 Å². The zero-order valence-electron chi connectivity index (χ0n) is 11.6. The summed E-state index contributed by atoms with van der Waals surface area (Å²) >= 11 is 1.47. The number of allylic oxidation sites excluding steroid dienone is 1. The fourth-order valence-corrected chi connectivity index (χ4v) is 2.72. The molecule has 0 saturated carbocycles. The Labute approximate surface area is 127 Å². The number of imidazole rings is 1. The molecule has 104 valence electrons. The molecule has 2 aromatic carbocycles. The summed E-state index contributed by atoms with van der Waals surface area (Å²) in [6, 6.07) is 17.4. The third-order valence-corrected chi connectivity index (χ3v) is 3.79. The molecule has 4 heteroatoms. The number of nitrogens with zero attached hydrogens (tertiary/aromatic N) is 2. The lowest BCUT2D eigenvalue weighted by molar-refractivity contribution is 0.0965. The second-order valence-corrected chi connectivity index (χ2v) is 5.28. The van der Waals surface area contributed by atoms with Crippen molar-refractivity contribution in [1.82, 2.24) is 9.55 Å². The van der Waals surface area contributed by atoms with Crippen LogP contribution >= 0.6 is 11.8 Å². The van der Waals surface area contributed by atoms with Gasteiger partial charge in [0.05, 0.1) is 11.0 Å². The number of aromatic nitrogens is 2. The molecular weight excluding hydrogens is 280 g/mol. The normalized spacial score (nSPS) is 11.3. The Morgan fingerprint density at radius 2 is 1.81 bits per heavy atom. The molecule has 0 aliphatic heterocycles. The van der Waals surface area contributed by atoms with E-state index in [-0.39, 0.29) is 5.91 Å². The zero-order valence-corrected chi connectivity index (χ0v) is 12.4. The first-order valence-electron chi connectivity index (χ1n) is 6.58. The Hall–Kier alpha value is -2.33. The first kappa shape index (κ1) is 13.6. The highest BCUT2D eigenvalue weighted by Crippen LogP contribution is 2.22. The van der Waals surface area contributed by atoms with E-state index in [1.165, 1.54) is 11.8 Å². The Balaban J connectivity index is 2.00. The van der Waals surface area contributed by atoms with Crippen LogP contribution in [0.15, 0.2) is 65.8 Å². The van der Waals surface area contributed by atoms with Crippen molar-refractivity contribution < 1.29 is 4.79 Å². The molecule has 0 spiro atoms. The van der Waals surface area contributed by atoms with E-state index >= 15 is 0 Å². The van der Waals surface area contributed by atoms with Crippen molar-refractivity contribution in [2.24, 2.45) is 0 Å². The summed E-state index contributed by atoms with van der Waals surface area (Å²) in [6.45, 7) is 0. The van der Waals surface area contributed by atoms with Gasteiger partial charge >= 0.3 is 0 Å². The molecule has 0 aliphatic rings. The van der Waals surface area contributed by atoms with E-state index in [4.69, 9.17) is 0 Å². The van der Waals surface area contributed by atoms with Crippen LogP contribution in [0, 0.1) is 0 Å². The molecular formula is C17H14N2OS. The molecule has 3 rings (SSSR count). The van der Waals surface area contributed by atoms with E-state index < -0.39 is 0 Å². The van der Waals surface area contributed by atoms with Crippen LogP contribution in [-0.4, -0.2) is 21.7 Å². The highest BCUT2D eigenvalue weighted by atomic mass is 32.2. The Morgan fingerprint density at radius 3 is 2.57 bits per heavy atom. The monoisotopic (exact) mass is 294 g/mol. The van der Waals surface area contributed by atoms with Crippen molar-refractivity contribution in [3.63, 3.8) is 0 Å². The predicted octanol–water partition coefficient (Wildman–Crippen LogP) is 4.11. The van der Waals surface area contributed by atoms with Crippen molar-refractivity contribution in [3.8, 4) is 0 Å². The maximum absolute atomic E-state index is 12.5. The molecule has 0 aliphatic carbocycles. The van der Waals surface area contributed by atoms with Gasteiger partial charge in [0.2, 0.25) is 0 Å². The van der Waals surface area contributed by atoms with Crippen molar-refractivity contribution in [2.75, 3.05) is 6.26 Å². The van der Waals surface area contributed by atoms with Gasteiger partial charge in [0.1, 0.15) is 0 Å². The van der Waals surface area contributed by atoms with Crippen molar-refractivity contribution in [1.29, 1.82) is 0 Å². The Bertz CT molecular complexity index is 806. The van der Waals surface area contributed by atoms with Crippen LogP contribution in [0.5, 0.6) is 0 Å². The lowest BCUT2D eigenvalue weighted by Crippen LogP contribution is -2.08. The van der Waals surface area contributed by atoms with Crippen LogP contribution in [-0.2, 0) is 0 Å². The minimum Gasteiger partial charge on any atom is -0.269 e. The number of carbonyl (C=O) groups is 1. The van der Waals surface area contributed by atoms with Gasteiger partial charge in [0.15, 0.2) is 5.16 Å². The molecule has 0 unspecified atom stereocenters. The summed E-state index contributed by atoms with van der Waals surface area (Å²) in [5.74, 6) is -0.0862. The average Bonchev–Trinajstić information content (AvgIpc) is 2.92. The topological polar surface area (TPSA) is 34.9 Å². The van der Waals surface area contributed by atoms with Crippen molar-refractivity contribution in [2.45, 2.75) is 5.16 Å². The number of para-hydroxylation sites is 2. The first-order valence-corrected chi connectivity index (χ1v) is 7.81. The minimum absolute atomic E-state index is 0.0862. The molecule has 1 aromatic heterocycles. The third kappa shape index (κ3) is 2.76. The first-order chi connectivity index (χ1) is 10.3. The van der Waals surface area contributed by atoms with Gasteiger partial charge in [0.25, 0.3) is 5.91 Å². The molecule has 3 nitrogen and oxygen atoms in total. The summed E-state index contributed by atoms with van der Waals surface area (Å²) in [4.78, 5) is 17.0. The van der Waals surface area contributed by atoms with Crippen LogP contribution in [0.3, 0.4) is 0 Å². The fraction of sp³-hybridized carbons (Fsp3) is 0.0588. The third-order valence-electron chi connectivity index (χ3n) is 3.15. The number of rotatable bonds is 3. The van der Waals surface area contributed by atoms with Crippen molar-refractivity contribution in [3.05, 3.63) is 66.2 Å². The fourth-order valence-electron chi connectivity index (χ4n) is 2.16. The van der Waals surface area contributed by atoms with E-state index in [1.54, 1.807) is 10.6 Å². The van der Waals surface area contributed by atoms with Crippen LogP contribution in [0.4, 0.5) is 0 Å². The van der Waals surface area contributed by atoms with Gasteiger partial charge < -0.3 is 0 Å². The SMILES string of the molecule is CSc1nc2ccccc2n1C(=O)C=Cc1ccccc1. The van der Waals surface area contributed by atoms with Gasteiger partial charge in [0, 0.05) is 6.08 Å². The van der Waals surface area contributed by atoms with E-state index in [0.29, 0.717) is 5.16 Å². The van der Waals surface area contributed by atoms with Gasteiger partial charge in [-0.05, 0) is 30.0 Å². The molecule has 0 atom stereocenters. The summed E-state index contributed by atoms with van der Waals surface area (Å²) in [6.07, 6.45) is 5.33. The highest BCUT2D eigenvalue weighted by molar-refractivity contribution is 7.98. The summed E-state index contributed by atoms with van der Waals surface area (Å²) < 4.78 is 1.65. The maximum Gasteiger partial charge on any atom is 0.257 e.